The summed E-state index contributed by atoms with van der Waals surface area (Å²) in [7, 11) is 3.30. The van der Waals surface area contributed by atoms with Gasteiger partial charge >= 0.3 is 0 Å². The number of aromatic amines is 2. The van der Waals surface area contributed by atoms with Gasteiger partial charge in [-0.05, 0) is 116 Å². The van der Waals surface area contributed by atoms with Crippen molar-refractivity contribution in [3.05, 3.63) is 105 Å². The SMILES string of the molecule is COCCOCCOCCOc1cccc(-c2c3nc(c(Br)c4ccc([nH]4)c(-c4cccc(OCCOCCOCCOC)c4)c4nc(c(Br)c5ccc2[nH]5)C=C4)C=C3)c1. The van der Waals surface area contributed by atoms with Crippen molar-refractivity contribution >= 4 is 78.2 Å². The van der Waals surface area contributed by atoms with Crippen LogP contribution in [0.15, 0.2) is 81.7 Å². The Morgan fingerprint density at radius 3 is 1.22 bits per heavy atom. The lowest BCUT2D eigenvalue weighted by atomic mass is 10.0. The van der Waals surface area contributed by atoms with Gasteiger partial charge < -0.3 is 47.9 Å². The van der Waals surface area contributed by atoms with E-state index < -0.39 is 0 Å². The van der Waals surface area contributed by atoms with Crippen molar-refractivity contribution in [1.29, 1.82) is 0 Å². The third-order valence-corrected chi connectivity index (χ3v) is 11.1. The number of fused-ring (bicyclic) bond motifs is 8. The number of nitrogens with one attached hydrogen (secondary N) is 2. The molecular weight excluding hydrogens is 896 g/mol. The number of hydrogen-bond acceptors (Lipinski definition) is 10. The molecule has 0 radical (unpaired) electrons. The number of H-pyrrole nitrogens is 2. The van der Waals surface area contributed by atoms with Gasteiger partial charge in [0.15, 0.2) is 0 Å². The molecule has 0 saturated heterocycles. The van der Waals surface area contributed by atoms with Crippen LogP contribution in [-0.2, 0) is 28.4 Å². The summed E-state index contributed by atoms with van der Waals surface area (Å²) in [6.07, 6.45) is 8.13. The van der Waals surface area contributed by atoms with Gasteiger partial charge in [0, 0.05) is 36.4 Å². The summed E-state index contributed by atoms with van der Waals surface area (Å²) in [4.78, 5) is 17.6. The van der Waals surface area contributed by atoms with Gasteiger partial charge in [-0.15, -0.1) is 0 Å². The van der Waals surface area contributed by atoms with Crippen LogP contribution < -0.4 is 9.47 Å². The average Bonchev–Trinajstić information content (AvgIpc) is 4.12. The largest absolute Gasteiger partial charge is 0.491 e. The summed E-state index contributed by atoms with van der Waals surface area (Å²) >= 11 is 7.77. The van der Waals surface area contributed by atoms with Crippen LogP contribution in [0.5, 0.6) is 11.5 Å². The highest BCUT2D eigenvalue weighted by Gasteiger charge is 2.17. The molecule has 0 aliphatic carbocycles. The molecule has 2 aliphatic rings. The second-order valence-electron chi connectivity index (χ2n) is 13.6. The molecule has 3 aromatic heterocycles. The van der Waals surface area contributed by atoms with Crippen molar-refractivity contribution < 1.29 is 37.9 Å². The predicted molar refractivity (Wildman–Crippen MR) is 243 cm³/mol. The molecule has 14 heteroatoms. The van der Waals surface area contributed by atoms with Crippen molar-refractivity contribution in [1.82, 2.24) is 19.9 Å². The topological polar surface area (TPSA) is 131 Å². The molecule has 60 heavy (non-hydrogen) atoms. The standard InChI is InChI=1S/C46H48Br2N4O8/c1-53-17-19-55-21-23-57-25-27-59-33-7-3-5-31(29-33)43-35-9-13-39(49-35)45(47)41-15-11-37(51-41)44(38-12-16-42(52-38)46(48)40-14-10-36(43)50-40)32-6-4-8-34(30-32)60-28-26-58-24-22-56-20-18-54-2/h3-16,29-30,49,52H,17-28H2,1-2H3. The summed E-state index contributed by atoms with van der Waals surface area (Å²) in [5, 5.41) is 0. The number of rotatable bonds is 22. The van der Waals surface area contributed by atoms with Crippen LogP contribution in [0.2, 0.25) is 0 Å². The quantitative estimate of drug-likeness (QED) is 0.0634. The maximum absolute atomic E-state index is 6.12. The second-order valence-corrected chi connectivity index (χ2v) is 15.2. The van der Waals surface area contributed by atoms with Crippen molar-refractivity contribution in [2.45, 2.75) is 0 Å². The van der Waals surface area contributed by atoms with Crippen molar-refractivity contribution in [2.75, 3.05) is 93.5 Å². The van der Waals surface area contributed by atoms with Gasteiger partial charge in [-0.2, -0.15) is 0 Å². The van der Waals surface area contributed by atoms with E-state index >= 15 is 0 Å². The minimum Gasteiger partial charge on any atom is -0.491 e. The lowest BCUT2D eigenvalue weighted by Crippen LogP contribution is -2.12. The number of methoxy groups -OCH3 is 2. The first-order valence-electron chi connectivity index (χ1n) is 19.7. The number of benzene rings is 2. The van der Waals surface area contributed by atoms with E-state index in [0.717, 1.165) is 87.5 Å². The monoisotopic (exact) mass is 942 g/mol. The Morgan fingerprint density at radius 2 is 0.800 bits per heavy atom. The zero-order valence-corrected chi connectivity index (χ0v) is 36.8. The summed E-state index contributed by atoms with van der Waals surface area (Å²) in [6, 6.07) is 24.3. The van der Waals surface area contributed by atoms with Crippen LogP contribution in [0.4, 0.5) is 0 Å². The second kappa shape index (κ2) is 22.3. The average molecular weight is 945 g/mol. The van der Waals surface area contributed by atoms with Crippen molar-refractivity contribution in [3.8, 4) is 33.8 Å². The molecular formula is C46H48Br2N4O8. The maximum atomic E-state index is 6.12. The lowest BCUT2D eigenvalue weighted by Gasteiger charge is -2.10. The van der Waals surface area contributed by atoms with E-state index in [9.17, 15) is 0 Å². The molecule has 0 spiro atoms. The summed E-state index contributed by atoms with van der Waals surface area (Å²) in [6.45, 7) is 5.90. The molecule has 0 unspecified atom stereocenters. The van der Waals surface area contributed by atoms with Crippen LogP contribution in [0.25, 0.3) is 68.6 Å². The van der Waals surface area contributed by atoms with E-state index in [0.29, 0.717) is 79.3 Å². The van der Waals surface area contributed by atoms with Crippen LogP contribution in [-0.4, -0.2) is 113 Å². The van der Waals surface area contributed by atoms with Crippen molar-refractivity contribution in [2.24, 2.45) is 0 Å². The lowest BCUT2D eigenvalue weighted by molar-refractivity contribution is 0.0180. The first-order chi connectivity index (χ1) is 29.5. The fourth-order valence-corrected chi connectivity index (χ4v) is 7.50. The molecule has 0 atom stereocenters. The molecule has 7 rings (SSSR count). The Hall–Kier alpha value is -4.64. The summed E-state index contributed by atoms with van der Waals surface area (Å²) < 4.78 is 46.2. The molecule has 5 heterocycles. The number of hydrogen-bond donors (Lipinski definition) is 2. The van der Waals surface area contributed by atoms with E-state index in [2.05, 4.69) is 78.2 Å². The molecule has 0 saturated carbocycles. The Kier molecular flexibility index (Phi) is 16.1. The molecule has 2 aliphatic heterocycles. The van der Waals surface area contributed by atoms with E-state index in [1.165, 1.54) is 0 Å². The number of aromatic nitrogens is 4. The van der Waals surface area contributed by atoms with Crippen LogP contribution in [0.3, 0.4) is 0 Å². The van der Waals surface area contributed by atoms with Crippen LogP contribution in [0, 0.1) is 0 Å². The van der Waals surface area contributed by atoms with E-state index in [4.69, 9.17) is 47.9 Å². The molecule has 12 nitrogen and oxygen atoms in total. The minimum absolute atomic E-state index is 0.403. The van der Waals surface area contributed by atoms with E-state index in [1.807, 2.05) is 60.7 Å². The van der Waals surface area contributed by atoms with E-state index in [1.54, 1.807) is 14.2 Å². The van der Waals surface area contributed by atoms with Gasteiger partial charge in [0.05, 0.1) is 109 Å². The van der Waals surface area contributed by atoms with E-state index in [-0.39, 0.29) is 0 Å². The first-order valence-corrected chi connectivity index (χ1v) is 21.3. The Bertz CT molecular complexity index is 2280. The predicted octanol–water partition coefficient (Wildman–Crippen LogP) is 9.63. The summed E-state index contributed by atoms with van der Waals surface area (Å²) in [5.74, 6) is 1.46. The van der Waals surface area contributed by atoms with Gasteiger partial charge in [0.2, 0.25) is 0 Å². The molecule has 5 aromatic rings. The van der Waals surface area contributed by atoms with Gasteiger partial charge in [0.25, 0.3) is 0 Å². The molecule has 314 valence electrons. The first kappa shape index (κ1) is 43.4. The van der Waals surface area contributed by atoms with Gasteiger partial charge in [-0.3, -0.25) is 0 Å². The van der Waals surface area contributed by atoms with Gasteiger partial charge in [-0.1, -0.05) is 24.3 Å². The maximum Gasteiger partial charge on any atom is 0.120 e. The van der Waals surface area contributed by atoms with Crippen LogP contribution >= 0.6 is 31.9 Å². The van der Waals surface area contributed by atoms with Crippen LogP contribution in [0.1, 0.15) is 22.8 Å². The molecule has 0 fully saturated rings. The fraction of sp³-hybridized carbons (Fsp3) is 0.304. The summed E-state index contributed by atoms with van der Waals surface area (Å²) in [5.41, 5.74) is 10.5. The number of halogens is 2. The van der Waals surface area contributed by atoms with Crippen molar-refractivity contribution in [3.63, 3.8) is 0 Å². The number of ether oxygens (including phenoxy) is 8. The highest BCUT2D eigenvalue weighted by molar-refractivity contribution is 9.11. The Morgan fingerprint density at radius 1 is 0.433 bits per heavy atom. The zero-order chi connectivity index (χ0) is 41.5. The molecule has 0 amide bonds. The fourth-order valence-electron chi connectivity index (χ4n) is 6.59. The molecule has 8 bridgehead atoms. The van der Waals surface area contributed by atoms with Gasteiger partial charge in [0.1, 0.15) is 24.7 Å². The highest BCUT2D eigenvalue weighted by Crippen LogP contribution is 2.37. The molecule has 2 aromatic carbocycles. The highest BCUT2D eigenvalue weighted by atomic mass is 79.9. The Labute approximate surface area is 366 Å². The van der Waals surface area contributed by atoms with Gasteiger partial charge in [-0.25, -0.2) is 9.97 Å². The number of nitrogens with zero attached hydrogens (tertiary/aromatic N) is 2. The molecule has 2 N–H and O–H groups in total. The third kappa shape index (κ3) is 11.4. The normalized spacial score (nSPS) is 12.1. The zero-order valence-electron chi connectivity index (χ0n) is 33.6. The Balaban J connectivity index is 1.20. The minimum atomic E-state index is 0.403. The smallest absolute Gasteiger partial charge is 0.120 e. The third-order valence-electron chi connectivity index (χ3n) is 9.47.